The molecule has 0 N–H and O–H groups in total. The monoisotopic (exact) mass is 204 g/mol. The zero-order valence-electron chi connectivity index (χ0n) is 7.03. The van der Waals surface area contributed by atoms with Gasteiger partial charge >= 0.3 is 58.4 Å². The van der Waals surface area contributed by atoms with Crippen LogP contribution in [0.25, 0.3) is 0 Å². The van der Waals surface area contributed by atoms with Crippen molar-refractivity contribution in [3.05, 3.63) is 0 Å². The van der Waals surface area contributed by atoms with E-state index in [0.717, 1.165) is 0 Å². The van der Waals surface area contributed by atoms with Crippen molar-refractivity contribution in [2.24, 2.45) is 5.92 Å². The molecule has 1 aliphatic carbocycles. The van der Waals surface area contributed by atoms with Crippen LogP contribution >= 0.6 is 0 Å². The van der Waals surface area contributed by atoms with Crippen LogP contribution in [0.2, 0.25) is 5.31 Å². The Morgan fingerprint density at radius 1 is 1.33 bits per heavy atom. The Morgan fingerprint density at radius 2 is 2.00 bits per heavy atom. The van der Waals surface area contributed by atoms with E-state index in [0.29, 0.717) is 13.0 Å². The van der Waals surface area contributed by atoms with E-state index in [1.807, 2.05) is 0 Å². The van der Waals surface area contributed by atoms with Gasteiger partial charge in [-0.2, -0.15) is 0 Å². The maximum Gasteiger partial charge on any atom is 1.00 e. The van der Waals surface area contributed by atoms with E-state index in [1.165, 1.54) is 0 Å². The second-order valence-corrected chi connectivity index (χ2v) is 3.53. The molecule has 1 nitrogen and oxygen atoms in total. The minimum Gasteiger partial charge on any atom is -0.449 e. The Kier molecular flexibility index (Phi) is 3.41. The zero-order valence-corrected chi connectivity index (χ0v) is 10.1. The third-order valence-corrected chi connectivity index (χ3v) is 2.96. The van der Waals surface area contributed by atoms with Gasteiger partial charge in [0.1, 0.15) is 0 Å². The summed E-state index contributed by atoms with van der Waals surface area (Å²) < 4.78 is 42.1. The summed E-state index contributed by atoms with van der Waals surface area (Å²) in [5, 5.41) is -1.28. The van der Waals surface area contributed by atoms with Gasteiger partial charge in [0.05, 0.1) is 0 Å². The first-order valence-corrected chi connectivity index (χ1v) is 3.83. The van der Waals surface area contributed by atoms with Gasteiger partial charge in [-0.15, -0.1) is 0 Å². The van der Waals surface area contributed by atoms with Crippen molar-refractivity contribution in [2.45, 2.75) is 18.2 Å². The Labute approximate surface area is 112 Å². The normalized spacial score (nSPS) is 39.8. The Hall–Kier alpha value is 1.45. The zero-order chi connectivity index (χ0) is 8.11. The molecule has 2 fully saturated rings. The van der Waals surface area contributed by atoms with Crippen LogP contribution in [-0.2, 0) is 4.74 Å². The van der Waals surface area contributed by atoms with E-state index in [2.05, 4.69) is 0 Å². The smallest absolute Gasteiger partial charge is 0.449 e. The Balaban J connectivity index is 0.000000720. The van der Waals surface area contributed by atoms with Crippen LogP contribution in [0.3, 0.4) is 0 Å². The molecule has 2 unspecified atom stereocenters. The number of rotatable bonds is 1. The Morgan fingerprint density at radius 3 is 2.42 bits per heavy atom. The van der Waals surface area contributed by atoms with Crippen molar-refractivity contribution in [1.29, 1.82) is 0 Å². The van der Waals surface area contributed by atoms with Crippen molar-refractivity contribution < 1.29 is 69.1 Å². The fourth-order valence-electron chi connectivity index (χ4n) is 1.98. The summed E-state index contributed by atoms with van der Waals surface area (Å²) in [6, 6.07) is 0. The Bertz CT molecular complexity index is 186. The first-order valence-electron chi connectivity index (χ1n) is 3.83. The summed E-state index contributed by atoms with van der Waals surface area (Å²) in [5.74, 6) is -0.212. The molecular formula is C6H9BF3KO. The van der Waals surface area contributed by atoms with Crippen LogP contribution in [-0.4, -0.2) is 20.2 Å². The first-order chi connectivity index (χ1) is 5.06. The van der Waals surface area contributed by atoms with Crippen LogP contribution in [0, 0.1) is 5.92 Å². The van der Waals surface area contributed by atoms with Gasteiger partial charge in [-0.3, -0.25) is 0 Å². The van der Waals surface area contributed by atoms with E-state index in [9.17, 15) is 12.9 Å². The van der Waals surface area contributed by atoms with Crippen molar-refractivity contribution >= 4 is 6.98 Å². The fourth-order valence-corrected chi connectivity index (χ4v) is 1.98. The number of ether oxygens (including phenoxy) is 1. The molecular weight excluding hydrogens is 195 g/mol. The van der Waals surface area contributed by atoms with Gasteiger partial charge in [-0.1, -0.05) is 11.7 Å². The number of fused-ring (bicyclic) bond motifs is 1. The molecule has 0 aromatic heterocycles. The second-order valence-electron chi connectivity index (χ2n) is 3.53. The molecule has 0 amide bonds. The van der Waals surface area contributed by atoms with E-state index < -0.39 is 12.3 Å². The molecule has 0 aromatic rings. The molecule has 0 spiro atoms. The molecule has 2 rings (SSSR count). The van der Waals surface area contributed by atoms with E-state index in [-0.39, 0.29) is 70.3 Å². The van der Waals surface area contributed by atoms with Crippen LogP contribution < -0.4 is 51.4 Å². The molecule has 0 bridgehead atoms. The van der Waals surface area contributed by atoms with Crippen LogP contribution in [0.5, 0.6) is 0 Å². The van der Waals surface area contributed by atoms with Gasteiger partial charge in [0.25, 0.3) is 0 Å². The van der Waals surface area contributed by atoms with Gasteiger partial charge in [0, 0.05) is 13.2 Å². The topological polar surface area (TPSA) is 9.23 Å². The molecule has 0 radical (unpaired) electrons. The van der Waals surface area contributed by atoms with Gasteiger partial charge in [0.2, 0.25) is 0 Å². The largest absolute Gasteiger partial charge is 1.00 e. The summed E-state index contributed by atoms with van der Waals surface area (Å²) >= 11 is 0. The van der Waals surface area contributed by atoms with Crippen molar-refractivity contribution in [1.82, 2.24) is 0 Å². The van der Waals surface area contributed by atoms with Crippen molar-refractivity contribution in [3.63, 3.8) is 0 Å². The van der Waals surface area contributed by atoms with Crippen molar-refractivity contribution in [2.75, 3.05) is 13.2 Å². The molecule has 1 heterocycles. The standard InChI is InChI=1S/C6H9BF3O.K/c8-7(9,10)6-1-2-11-4-5(6)3-6;/h5H,1-4H2;/q-1;+1. The first kappa shape index (κ1) is 11.5. The van der Waals surface area contributed by atoms with E-state index in [1.54, 1.807) is 0 Å². The van der Waals surface area contributed by atoms with Gasteiger partial charge in [0.15, 0.2) is 0 Å². The second kappa shape index (κ2) is 3.55. The average Bonchev–Trinajstić information content (AvgIpc) is 2.59. The minimum atomic E-state index is -4.62. The number of hydrogen-bond donors (Lipinski definition) is 0. The molecule has 12 heavy (non-hydrogen) atoms. The van der Waals surface area contributed by atoms with E-state index in [4.69, 9.17) is 4.74 Å². The van der Waals surface area contributed by atoms with Gasteiger partial charge in [-0.25, -0.2) is 0 Å². The maximum absolute atomic E-state index is 12.4. The van der Waals surface area contributed by atoms with Crippen molar-refractivity contribution in [3.8, 4) is 0 Å². The SMILES string of the molecule is F[B-](F)(F)C12CCOCC1C2.[K+]. The molecule has 2 aliphatic rings. The fraction of sp³-hybridized carbons (Fsp3) is 1.00. The van der Waals surface area contributed by atoms with Crippen LogP contribution in [0.1, 0.15) is 12.8 Å². The minimum absolute atomic E-state index is 0. The molecule has 6 heteroatoms. The third-order valence-electron chi connectivity index (χ3n) is 2.96. The summed E-state index contributed by atoms with van der Waals surface area (Å²) in [4.78, 5) is 0. The molecule has 2 atom stereocenters. The third kappa shape index (κ3) is 1.66. The predicted octanol–water partition coefficient (Wildman–Crippen LogP) is -0.982. The summed E-state index contributed by atoms with van der Waals surface area (Å²) in [6.07, 6.45) is 0.512. The summed E-state index contributed by atoms with van der Waals surface area (Å²) in [7, 11) is 0. The predicted molar refractivity (Wildman–Crippen MR) is 35.3 cm³/mol. The van der Waals surface area contributed by atoms with Crippen LogP contribution in [0.4, 0.5) is 12.9 Å². The average molecular weight is 204 g/mol. The van der Waals surface area contributed by atoms with E-state index >= 15 is 0 Å². The molecule has 1 saturated heterocycles. The number of halogens is 3. The quantitative estimate of drug-likeness (QED) is 0.499. The summed E-state index contributed by atoms with van der Waals surface area (Å²) in [6.45, 7) is -4.01. The van der Waals surface area contributed by atoms with Crippen LogP contribution in [0.15, 0.2) is 0 Å². The van der Waals surface area contributed by atoms with Gasteiger partial charge in [-0.05, 0) is 12.3 Å². The molecule has 1 saturated carbocycles. The maximum atomic E-state index is 12.4. The molecule has 0 aromatic carbocycles. The molecule has 64 valence electrons. The van der Waals surface area contributed by atoms with Gasteiger partial charge < -0.3 is 17.7 Å². The summed E-state index contributed by atoms with van der Waals surface area (Å²) in [5.41, 5.74) is 0. The number of hydrogen-bond acceptors (Lipinski definition) is 1. The molecule has 1 aliphatic heterocycles.